The molecular formula is C20H23Br2ClN2O3. The summed E-state index contributed by atoms with van der Waals surface area (Å²) in [5.74, 6) is -0.416. The summed E-state index contributed by atoms with van der Waals surface area (Å²) >= 11 is 6.76. The lowest BCUT2D eigenvalue weighted by molar-refractivity contribution is -0.137. The number of carbonyl (C=O) groups is 2. The van der Waals surface area contributed by atoms with E-state index < -0.39 is 5.97 Å². The van der Waals surface area contributed by atoms with Gasteiger partial charge in [-0.1, -0.05) is 56.1 Å². The summed E-state index contributed by atoms with van der Waals surface area (Å²) < 4.78 is 2.02. The number of hydrogen-bond donors (Lipinski definition) is 3. The predicted octanol–water partition coefficient (Wildman–Crippen LogP) is 4.44. The average Bonchev–Trinajstić information content (AvgIpc) is 3.06. The predicted molar refractivity (Wildman–Crippen MR) is 120 cm³/mol. The van der Waals surface area contributed by atoms with Crippen LogP contribution in [-0.2, 0) is 9.59 Å². The minimum atomic E-state index is -0.819. The minimum Gasteiger partial charge on any atom is -0.481 e. The monoisotopic (exact) mass is 532 g/mol. The molecule has 1 amide bonds. The molecule has 0 aromatic heterocycles. The quantitative estimate of drug-likeness (QED) is 0.529. The number of aliphatic carboxylic acids is 1. The number of nitrogens with one attached hydrogen (secondary N) is 1. The number of carboxylic acid groups (broad SMARTS) is 1. The summed E-state index contributed by atoms with van der Waals surface area (Å²) in [6.07, 6.45) is 0.698. The summed E-state index contributed by atoms with van der Waals surface area (Å²) in [7, 11) is 0. The van der Waals surface area contributed by atoms with Gasteiger partial charge in [-0.15, -0.1) is 12.4 Å². The summed E-state index contributed by atoms with van der Waals surface area (Å²) in [5.41, 5.74) is 7.72. The molecule has 0 bridgehead atoms. The molecule has 5 nitrogen and oxygen atoms in total. The summed E-state index contributed by atoms with van der Waals surface area (Å²) in [5, 5.41) is 11.5. The maximum Gasteiger partial charge on any atom is 0.304 e. The Morgan fingerprint density at radius 2 is 1.82 bits per heavy atom. The average molecular weight is 535 g/mol. The van der Waals surface area contributed by atoms with Crippen molar-refractivity contribution in [3.63, 3.8) is 0 Å². The number of hydrogen-bond acceptors (Lipinski definition) is 3. The zero-order valence-corrected chi connectivity index (χ0v) is 19.1. The molecule has 0 radical (unpaired) electrons. The third-order valence-electron chi connectivity index (χ3n) is 4.32. The fourth-order valence-electron chi connectivity index (χ4n) is 2.91. The molecule has 2 aromatic carbocycles. The second-order valence-electron chi connectivity index (χ2n) is 6.35. The van der Waals surface area contributed by atoms with Gasteiger partial charge < -0.3 is 16.2 Å². The van der Waals surface area contributed by atoms with Gasteiger partial charge in [0.05, 0.1) is 6.42 Å². The van der Waals surface area contributed by atoms with Gasteiger partial charge in [0.2, 0.25) is 5.91 Å². The van der Waals surface area contributed by atoms with E-state index in [4.69, 9.17) is 10.8 Å². The Kier molecular flexibility index (Phi) is 10.7. The molecular weight excluding hydrogens is 511 g/mol. The maximum absolute atomic E-state index is 11.0. The smallest absolute Gasteiger partial charge is 0.304 e. The van der Waals surface area contributed by atoms with E-state index in [9.17, 15) is 9.59 Å². The molecule has 0 spiro atoms. The Morgan fingerprint density at radius 3 is 2.32 bits per heavy atom. The van der Waals surface area contributed by atoms with Gasteiger partial charge >= 0.3 is 5.97 Å². The second kappa shape index (κ2) is 12.2. The molecule has 2 aromatic rings. The molecule has 1 heterocycles. The molecule has 1 aliphatic rings. The summed E-state index contributed by atoms with van der Waals surface area (Å²) in [6.45, 7) is 1.12. The minimum absolute atomic E-state index is 0. The van der Waals surface area contributed by atoms with E-state index >= 15 is 0 Å². The Morgan fingerprint density at radius 1 is 1.18 bits per heavy atom. The number of carboxylic acids is 1. The molecule has 1 fully saturated rings. The third-order valence-corrected chi connectivity index (χ3v) is 5.31. The number of nitrogens with two attached hydrogens (primary N) is 1. The molecule has 3 rings (SSSR count). The topological polar surface area (TPSA) is 92.4 Å². The van der Waals surface area contributed by atoms with Crippen molar-refractivity contribution in [2.24, 2.45) is 5.73 Å². The molecule has 0 saturated carbocycles. The van der Waals surface area contributed by atoms with E-state index in [2.05, 4.69) is 49.3 Å². The number of benzene rings is 2. The molecule has 0 aliphatic carbocycles. The van der Waals surface area contributed by atoms with Crippen molar-refractivity contribution in [3.05, 3.63) is 68.6 Å². The van der Waals surface area contributed by atoms with Gasteiger partial charge in [-0.3, -0.25) is 9.59 Å². The van der Waals surface area contributed by atoms with Crippen LogP contribution in [0, 0.1) is 0 Å². The van der Waals surface area contributed by atoms with Crippen LogP contribution >= 0.6 is 44.3 Å². The van der Waals surface area contributed by atoms with Crippen LogP contribution in [0.4, 0.5) is 0 Å². The number of amides is 1. The lowest BCUT2D eigenvalue weighted by atomic mass is 9.96. The van der Waals surface area contributed by atoms with Gasteiger partial charge in [-0.05, 0) is 41.9 Å². The number of carbonyl (C=O) groups excluding carboxylic acids is 1. The van der Waals surface area contributed by atoms with Crippen LogP contribution in [0.3, 0.4) is 0 Å². The van der Waals surface area contributed by atoms with Gasteiger partial charge in [-0.25, -0.2) is 0 Å². The number of rotatable bonds is 5. The highest BCUT2D eigenvalue weighted by Crippen LogP contribution is 2.25. The maximum atomic E-state index is 11.0. The zero-order chi connectivity index (χ0) is 19.8. The second-order valence-corrected chi connectivity index (χ2v) is 8.18. The third kappa shape index (κ3) is 7.91. The fraction of sp³-hybridized carbons (Fsp3) is 0.300. The highest BCUT2D eigenvalue weighted by molar-refractivity contribution is 9.10. The molecule has 8 heteroatoms. The summed E-state index contributed by atoms with van der Waals surface area (Å²) in [4.78, 5) is 21.5. The van der Waals surface area contributed by atoms with Gasteiger partial charge in [0.25, 0.3) is 0 Å². The van der Waals surface area contributed by atoms with E-state index in [1.807, 2.05) is 36.4 Å². The first kappa shape index (κ1) is 24.6. The zero-order valence-electron chi connectivity index (χ0n) is 15.1. The first-order valence-corrected chi connectivity index (χ1v) is 10.2. The van der Waals surface area contributed by atoms with Crippen LogP contribution in [0.5, 0.6) is 0 Å². The Bertz CT molecular complexity index is 805. The number of halogens is 3. The largest absolute Gasteiger partial charge is 0.481 e. The molecule has 152 valence electrons. The van der Waals surface area contributed by atoms with E-state index in [0.717, 1.165) is 21.1 Å². The Labute approximate surface area is 187 Å². The van der Waals surface area contributed by atoms with Crippen molar-refractivity contribution in [1.29, 1.82) is 0 Å². The molecule has 1 aliphatic heterocycles. The molecule has 4 N–H and O–H groups in total. The highest BCUT2D eigenvalue weighted by atomic mass is 79.9. The van der Waals surface area contributed by atoms with Gasteiger partial charge in [0.1, 0.15) is 0 Å². The highest BCUT2D eigenvalue weighted by Gasteiger charge is 2.22. The van der Waals surface area contributed by atoms with Gasteiger partial charge in [-0.2, -0.15) is 0 Å². The van der Waals surface area contributed by atoms with E-state index in [1.165, 1.54) is 5.56 Å². The van der Waals surface area contributed by atoms with E-state index in [-0.39, 0.29) is 30.7 Å². The van der Waals surface area contributed by atoms with Crippen LogP contribution in [0.2, 0.25) is 0 Å². The lowest BCUT2D eigenvalue weighted by Crippen LogP contribution is -2.16. The van der Waals surface area contributed by atoms with E-state index in [0.29, 0.717) is 18.9 Å². The van der Waals surface area contributed by atoms with Gasteiger partial charge in [0.15, 0.2) is 0 Å². The van der Waals surface area contributed by atoms with E-state index in [1.54, 1.807) is 0 Å². The molecule has 1 saturated heterocycles. The Balaban J connectivity index is 0.000000271. The normalized spacial score (nSPS) is 16.2. The SMILES string of the molecule is Cl.NCC(CC(=O)O)c1cccc(Br)c1.O=C1CC(c2cccc(Br)c2)CN1. The van der Waals surface area contributed by atoms with Crippen LogP contribution in [0.15, 0.2) is 57.5 Å². The van der Waals surface area contributed by atoms with Gasteiger partial charge in [0, 0.05) is 33.7 Å². The van der Waals surface area contributed by atoms with Crippen molar-refractivity contribution in [2.75, 3.05) is 13.1 Å². The first-order valence-electron chi connectivity index (χ1n) is 8.58. The van der Waals surface area contributed by atoms with Crippen LogP contribution in [-0.4, -0.2) is 30.1 Å². The van der Waals surface area contributed by atoms with Crippen molar-refractivity contribution in [1.82, 2.24) is 5.32 Å². The van der Waals surface area contributed by atoms with Crippen molar-refractivity contribution in [3.8, 4) is 0 Å². The van der Waals surface area contributed by atoms with Crippen LogP contribution in [0.1, 0.15) is 35.8 Å². The fourth-order valence-corrected chi connectivity index (χ4v) is 3.74. The van der Waals surface area contributed by atoms with Crippen LogP contribution in [0.25, 0.3) is 0 Å². The van der Waals surface area contributed by atoms with Crippen molar-refractivity contribution >= 4 is 56.1 Å². The van der Waals surface area contributed by atoms with Crippen LogP contribution < -0.4 is 11.1 Å². The standard InChI is InChI=1S/C10H12BrNO2.C10H10BrNO.ClH/c11-9-3-1-2-7(4-9)8(6-12)5-10(13)14;11-9-3-1-2-7(4-9)8-5-10(13)12-6-8;/h1-4,8H,5-6,12H2,(H,13,14);1-4,8H,5-6H2,(H,12,13);1H. The van der Waals surface area contributed by atoms with Crippen molar-refractivity contribution < 1.29 is 14.7 Å². The lowest BCUT2D eigenvalue weighted by Gasteiger charge is -2.12. The summed E-state index contributed by atoms with van der Waals surface area (Å²) in [6, 6.07) is 15.7. The molecule has 28 heavy (non-hydrogen) atoms. The van der Waals surface area contributed by atoms with Crippen molar-refractivity contribution in [2.45, 2.75) is 24.7 Å². The first-order chi connectivity index (χ1) is 12.9. The Hall–Kier alpha value is -1.41. The molecule has 2 atom stereocenters. The molecule has 2 unspecified atom stereocenters.